The van der Waals surface area contributed by atoms with Crippen molar-refractivity contribution in [3.63, 3.8) is 0 Å². The van der Waals surface area contributed by atoms with Crippen LogP contribution in [0.3, 0.4) is 0 Å². The third-order valence-electron chi connectivity index (χ3n) is 4.12. The van der Waals surface area contributed by atoms with Gasteiger partial charge in [0.2, 0.25) is 5.91 Å². The topological polar surface area (TPSA) is 32.3 Å². The summed E-state index contributed by atoms with van der Waals surface area (Å²) in [4.78, 5) is 14.3. The van der Waals surface area contributed by atoms with Crippen LogP contribution in [0.1, 0.15) is 30.7 Å². The molecule has 1 aromatic carbocycles. The zero-order valence-corrected chi connectivity index (χ0v) is 10.6. The summed E-state index contributed by atoms with van der Waals surface area (Å²) in [7, 11) is 0. The Labute approximate surface area is 108 Å². The molecular weight excluding hydrogens is 224 g/mol. The van der Waals surface area contributed by atoms with Gasteiger partial charge in [-0.1, -0.05) is 30.3 Å². The molecule has 0 spiro atoms. The quantitative estimate of drug-likeness (QED) is 0.859. The molecule has 2 aliphatic rings. The van der Waals surface area contributed by atoms with Crippen LogP contribution in [0.4, 0.5) is 0 Å². The highest BCUT2D eigenvalue weighted by molar-refractivity contribution is 5.82. The minimum atomic E-state index is 0.0355. The molecule has 1 amide bonds. The second-order valence-corrected chi connectivity index (χ2v) is 5.34. The number of amides is 1. The van der Waals surface area contributed by atoms with E-state index in [0.29, 0.717) is 11.8 Å². The van der Waals surface area contributed by atoms with E-state index in [1.54, 1.807) is 0 Å². The van der Waals surface area contributed by atoms with Gasteiger partial charge in [0.05, 0.1) is 6.04 Å². The SMILES string of the molecule is O=C([C@@H]1C[C@@H](c2ccccc2)CN1)N1CCCC1. The molecular formula is C15H20N2O. The molecule has 3 rings (SSSR count). The first-order valence-electron chi connectivity index (χ1n) is 6.92. The van der Waals surface area contributed by atoms with E-state index in [-0.39, 0.29) is 6.04 Å². The molecule has 2 aliphatic heterocycles. The van der Waals surface area contributed by atoms with Gasteiger partial charge >= 0.3 is 0 Å². The van der Waals surface area contributed by atoms with E-state index in [4.69, 9.17) is 0 Å². The number of carbonyl (C=O) groups is 1. The maximum atomic E-state index is 12.3. The molecule has 96 valence electrons. The van der Waals surface area contributed by atoms with Gasteiger partial charge in [-0.25, -0.2) is 0 Å². The molecule has 0 aliphatic carbocycles. The van der Waals surface area contributed by atoms with Crippen molar-refractivity contribution in [2.45, 2.75) is 31.2 Å². The van der Waals surface area contributed by atoms with Crippen LogP contribution in [0, 0.1) is 0 Å². The van der Waals surface area contributed by atoms with Crippen LogP contribution in [0.2, 0.25) is 0 Å². The maximum Gasteiger partial charge on any atom is 0.239 e. The van der Waals surface area contributed by atoms with Gasteiger partial charge in [0.25, 0.3) is 0 Å². The fourth-order valence-electron chi connectivity index (χ4n) is 3.06. The lowest BCUT2D eigenvalue weighted by molar-refractivity contribution is -0.132. The lowest BCUT2D eigenvalue weighted by Crippen LogP contribution is -2.42. The summed E-state index contributed by atoms with van der Waals surface area (Å²) < 4.78 is 0. The summed E-state index contributed by atoms with van der Waals surface area (Å²) in [5.41, 5.74) is 1.35. The molecule has 0 saturated carbocycles. The largest absolute Gasteiger partial charge is 0.341 e. The Bertz CT molecular complexity index is 412. The molecule has 2 fully saturated rings. The molecule has 0 radical (unpaired) electrons. The van der Waals surface area contributed by atoms with E-state index in [1.165, 1.54) is 18.4 Å². The normalized spacial score (nSPS) is 27.7. The summed E-state index contributed by atoms with van der Waals surface area (Å²) in [6, 6.07) is 10.5. The third kappa shape index (κ3) is 2.27. The lowest BCUT2D eigenvalue weighted by Gasteiger charge is -2.19. The first-order valence-corrected chi connectivity index (χ1v) is 6.92. The minimum absolute atomic E-state index is 0.0355. The predicted molar refractivity (Wildman–Crippen MR) is 71.4 cm³/mol. The monoisotopic (exact) mass is 244 g/mol. The van der Waals surface area contributed by atoms with Crippen molar-refractivity contribution in [3.05, 3.63) is 35.9 Å². The number of benzene rings is 1. The van der Waals surface area contributed by atoms with Gasteiger partial charge in [0, 0.05) is 19.6 Å². The van der Waals surface area contributed by atoms with Gasteiger partial charge in [-0.05, 0) is 30.7 Å². The van der Waals surface area contributed by atoms with Crippen molar-refractivity contribution < 1.29 is 4.79 Å². The Hall–Kier alpha value is -1.35. The van der Waals surface area contributed by atoms with E-state index >= 15 is 0 Å². The molecule has 2 saturated heterocycles. The Morgan fingerprint density at radius 3 is 2.61 bits per heavy atom. The highest BCUT2D eigenvalue weighted by Crippen LogP contribution is 2.26. The number of nitrogens with zero attached hydrogens (tertiary/aromatic N) is 1. The molecule has 2 heterocycles. The van der Waals surface area contributed by atoms with Crippen LogP contribution in [-0.4, -0.2) is 36.5 Å². The van der Waals surface area contributed by atoms with E-state index in [1.807, 2.05) is 11.0 Å². The Morgan fingerprint density at radius 2 is 1.89 bits per heavy atom. The van der Waals surface area contributed by atoms with E-state index < -0.39 is 0 Å². The fraction of sp³-hybridized carbons (Fsp3) is 0.533. The summed E-state index contributed by atoms with van der Waals surface area (Å²) >= 11 is 0. The van der Waals surface area contributed by atoms with E-state index in [0.717, 1.165) is 26.1 Å². The van der Waals surface area contributed by atoms with Gasteiger partial charge in [0.15, 0.2) is 0 Å². The van der Waals surface area contributed by atoms with Crippen molar-refractivity contribution in [1.82, 2.24) is 10.2 Å². The summed E-state index contributed by atoms with van der Waals surface area (Å²) in [5.74, 6) is 0.800. The van der Waals surface area contributed by atoms with Crippen molar-refractivity contribution >= 4 is 5.91 Å². The third-order valence-corrected chi connectivity index (χ3v) is 4.12. The van der Waals surface area contributed by atoms with Crippen molar-refractivity contribution in [2.75, 3.05) is 19.6 Å². The predicted octanol–water partition coefficient (Wildman–Crippen LogP) is 1.75. The van der Waals surface area contributed by atoms with Gasteiger partial charge in [-0.2, -0.15) is 0 Å². The minimum Gasteiger partial charge on any atom is -0.341 e. The molecule has 3 heteroatoms. The Balaban J connectivity index is 1.63. The first kappa shape index (κ1) is 11.7. The maximum absolute atomic E-state index is 12.3. The molecule has 0 bridgehead atoms. The van der Waals surface area contributed by atoms with Gasteiger partial charge in [-0.15, -0.1) is 0 Å². The lowest BCUT2D eigenvalue weighted by atomic mass is 9.96. The molecule has 2 atom stereocenters. The molecule has 1 aromatic rings. The summed E-state index contributed by atoms with van der Waals surface area (Å²) in [5, 5.41) is 3.39. The van der Waals surface area contributed by atoms with Crippen LogP contribution in [0.25, 0.3) is 0 Å². The number of hydrogen-bond donors (Lipinski definition) is 1. The highest BCUT2D eigenvalue weighted by atomic mass is 16.2. The van der Waals surface area contributed by atoms with Gasteiger partial charge in [-0.3, -0.25) is 4.79 Å². The number of carbonyl (C=O) groups excluding carboxylic acids is 1. The highest BCUT2D eigenvalue weighted by Gasteiger charge is 2.33. The van der Waals surface area contributed by atoms with Crippen LogP contribution in [0.15, 0.2) is 30.3 Å². The molecule has 3 nitrogen and oxygen atoms in total. The van der Waals surface area contributed by atoms with E-state index in [2.05, 4.69) is 29.6 Å². The summed E-state index contributed by atoms with van der Waals surface area (Å²) in [6.07, 6.45) is 3.28. The Morgan fingerprint density at radius 1 is 1.17 bits per heavy atom. The smallest absolute Gasteiger partial charge is 0.239 e. The van der Waals surface area contributed by atoms with Crippen molar-refractivity contribution in [2.24, 2.45) is 0 Å². The number of rotatable bonds is 2. The Kier molecular flexibility index (Phi) is 3.33. The van der Waals surface area contributed by atoms with Crippen LogP contribution in [-0.2, 0) is 4.79 Å². The van der Waals surface area contributed by atoms with Gasteiger partial charge in [0.1, 0.15) is 0 Å². The first-order chi connectivity index (χ1) is 8.84. The molecule has 0 aromatic heterocycles. The molecule has 0 unspecified atom stereocenters. The zero-order chi connectivity index (χ0) is 12.4. The number of likely N-dealkylation sites (tertiary alicyclic amines) is 1. The number of nitrogens with one attached hydrogen (secondary N) is 1. The van der Waals surface area contributed by atoms with Gasteiger partial charge < -0.3 is 10.2 Å². The van der Waals surface area contributed by atoms with Crippen molar-refractivity contribution in [3.8, 4) is 0 Å². The van der Waals surface area contributed by atoms with Crippen LogP contribution < -0.4 is 5.32 Å². The average molecular weight is 244 g/mol. The molecule has 1 N–H and O–H groups in total. The number of hydrogen-bond acceptors (Lipinski definition) is 2. The van der Waals surface area contributed by atoms with Crippen LogP contribution >= 0.6 is 0 Å². The fourth-order valence-corrected chi connectivity index (χ4v) is 3.06. The average Bonchev–Trinajstić information content (AvgIpc) is 3.10. The summed E-state index contributed by atoms with van der Waals surface area (Å²) in [6.45, 7) is 2.83. The second-order valence-electron chi connectivity index (χ2n) is 5.34. The zero-order valence-electron chi connectivity index (χ0n) is 10.6. The van der Waals surface area contributed by atoms with E-state index in [9.17, 15) is 4.79 Å². The second kappa shape index (κ2) is 5.11. The van der Waals surface area contributed by atoms with Crippen LogP contribution in [0.5, 0.6) is 0 Å². The molecule has 18 heavy (non-hydrogen) atoms. The van der Waals surface area contributed by atoms with Crippen molar-refractivity contribution in [1.29, 1.82) is 0 Å². The standard InChI is InChI=1S/C15H20N2O/c18-15(17-8-4-5-9-17)14-10-13(11-16-14)12-6-2-1-3-7-12/h1-3,6-7,13-14,16H,4-5,8-11H2/t13-,14+/m1/s1.